The highest BCUT2D eigenvalue weighted by atomic mass is 35.5. The summed E-state index contributed by atoms with van der Waals surface area (Å²) >= 11 is 0. The number of aromatic nitrogens is 1. The van der Waals surface area contributed by atoms with Crippen molar-refractivity contribution < 1.29 is 0 Å². The number of rotatable bonds is 2. The molecule has 0 spiro atoms. The summed E-state index contributed by atoms with van der Waals surface area (Å²) in [5.74, 6) is 0. The fraction of sp³-hybridized carbons (Fsp3) is 0.308. The summed E-state index contributed by atoms with van der Waals surface area (Å²) in [6, 6.07) is 11.0. The molecule has 2 N–H and O–H groups in total. The number of nitrogens with zero attached hydrogens (tertiary/aromatic N) is 1. The summed E-state index contributed by atoms with van der Waals surface area (Å²) in [5.41, 5.74) is 2.22. The van der Waals surface area contributed by atoms with Crippen molar-refractivity contribution in [1.29, 1.82) is 0 Å². The predicted octanol–water partition coefficient (Wildman–Crippen LogP) is 2.43. The average Bonchev–Trinajstić information content (AvgIpc) is 2.82. The molecule has 1 fully saturated rings. The number of halogens is 1. The average molecular weight is 250 g/mol. The van der Waals surface area contributed by atoms with Gasteiger partial charge in [-0.1, -0.05) is 12.1 Å². The van der Waals surface area contributed by atoms with Crippen LogP contribution in [0.5, 0.6) is 0 Å². The molecule has 0 radical (unpaired) electrons. The highest BCUT2D eigenvalue weighted by molar-refractivity contribution is 5.85. The number of fused-ring (bicyclic) bond motifs is 1. The lowest BCUT2D eigenvalue weighted by Gasteiger charge is -2.13. The molecule has 17 heavy (non-hydrogen) atoms. The molecule has 3 rings (SSSR count). The van der Waals surface area contributed by atoms with Gasteiger partial charge < -0.3 is 10.6 Å². The van der Waals surface area contributed by atoms with Crippen LogP contribution in [0.25, 0.3) is 10.9 Å². The molecular weight excluding hydrogens is 234 g/mol. The molecule has 4 heteroatoms. The van der Waals surface area contributed by atoms with E-state index in [-0.39, 0.29) is 12.4 Å². The van der Waals surface area contributed by atoms with Gasteiger partial charge in [-0.3, -0.25) is 4.98 Å². The van der Waals surface area contributed by atoms with E-state index in [4.69, 9.17) is 0 Å². The lowest BCUT2D eigenvalue weighted by Crippen LogP contribution is -2.21. The van der Waals surface area contributed by atoms with Crippen LogP contribution < -0.4 is 10.6 Å². The van der Waals surface area contributed by atoms with Crippen LogP contribution >= 0.6 is 12.4 Å². The first-order valence-corrected chi connectivity index (χ1v) is 5.74. The molecule has 90 valence electrons. The van der Waals surface area contributed by atoms with Gasteiger partial charge in [-0.15, -0.1) is 12.4 Å². The zero-order chi connectivity index (χ0) is 10.8. The Labute approximate surface area is 107 Å². The van der Waals surface area contributed by atoms with Gasteiger partial charge in [-0.2, -0.15) is 0 Å². The lowest BCUT2D eigenvalue weighted by atomic mass is 10.2. The normalized spacial score (nSPS) is 18.9. The Bertz CT molecular complexity index is 495. The van der Waals surface area contributed by atoms with Crippen molar-refractivity contribution in [2.24, 2.45) is 0 Å². The fourth-order valence-electron chi connectivity index (χ4n) is 2.17. The Morgan fingerprint density at radius 3 is 3.06 bits per heavy atom. The second-order valence-corrected chi connectivity index (χ2v) is 4.24. The van der Waals surface area contributed by atoms with Crippen LogP contribution in [0.15, 0.2) is 36.5 Å². The quantitative estimate of drug-likeness (QED) is 0.859. The third-order valence-electron chi connectivity index (χ3n) is 3.04. The highest BCUT2D eigenvalue weighted by Crippen LogP contribution is 2.18. The minimum Gasteiger partial charge on any atom is -0.381 e. The number of benzene rings is 1. The maximum absolute atomic E-state index is 4.36. The van der Waals surface area contributed by atoms with Gasteiger partial charge in [0.15, 0.2) is 0 Å². The maximum Gasteiger partial charge on any atom is 0.0722 e. The van der Waals surface area contributed by atoms with E-state index in [9.17, 15) is 0 Å². The Hall–Kier alpha value is -1.32. The van der Waals surface area contributed by atoms with Gasteiger partial charge in [0, 0.05) is 29.9 Å². The molecule has 1 saturated heterocycles. The molecule has 0 amide bonds. The monoisotopic (exact) mass is 249 g/mol. The van der Waals surface area contributed by atoms with Crippen LogP contribution in [-0.4, -0.2) is 24.1 Å². The van der Waals surface area contributed by atoms with Crippen molar-refractivity contribution in [3.05, 3.63) is 36.5 Å². The van der Waals surface area contributed by atoms with Gasteiger partial charge in [0.05, 0.1) is 5.52 Å². The van der Waals surface area contributed by atoms with Crippen molar-refractivity contribution in [2.75, 3.05) is 18.4 Å². The van der Waals surface area contributed by atoms with Crippen molar-refractivity contribution in [2.45, 2.75) is 12.5 Å². The van der Waals surface area contributed by atoms with Gasteiger partial charge in [0.1, 0.15) is 0 Å². The van der Waals surface area contributed by atoms with E-state index in [1.54, 1.807) is 0 Å². The van der Waals surface area contributed by atoms with Crippen molar-refractivity contribution in [1.82, 2.24) is 10.3 Å². The minimum absolute atomic E-state index is 0. The van der Waals surface area contributed by atoms with Crippen LogP contribution in [-0.2, 0) is 0 Å². The third-order valence-corrected chi connectivity index (χ3v) is 3.04. The molecule has 2 heterocycles. The summed E-state index contributed by atoms with van der Waals surface area (Å²) in [5, 5.41) is 8.07. The number of anilines is 1. The van der Waals surface area contributed by atoms with Gasteiger partial charge in [0.2, 0.25) is 0 Å². The zero-order valence-electron chi connectivity index (χ0n) is 9.52. The third kappa shape index (κ3) is 2.68. The van der Waals surface area contributed by atoms with E-state index in [2.05, 4.69) is 39.9 Å². The van der Waals surface area contributed by atoms with Crippen molar-refractivity contribution in [3.8, 4) is 0 Å². The van der Waals surface area contributed by atoms with Crippen LogP contribution in [0.2, 0.25) is 0 Å². The topological polar surface area (TPSA) is 37.0 Å². The SMILES string of the molecule is Cl.c1cnc2cc(N[C@H]3CCNC3)ccc2c1. The van der Waals surface area contributed by atoms with E-state index in [1.165, 1.54) is 17.5 Å². The van der Waals surface area contributed by atoms with E-state index in [1.807, 2.05) is 12.3 Å². The van der Waals surface area contributed by atoms with Gasteiger partial charge in [0.25, 0.3) is 0 Å². The van der Waals surface area contributed by atoms with E-state index in [0.717, 1.165) is 18.6 Å². The first kappa shape index (κ1) is 12.1. The molecule has 0 aliphatic carbocycles. The molecule has 1 aliphatic heterocycles. The Morgan fingerprint density at radius 2 is 2.24 bits per heavy atom. The summed E-state index contributed by atoms with van der Waals surface area (Å²) in [6.07, 6.45) is 3.03. The molecule has 2 aromatic rings. The van der Waals surface area contributed by atoms with Crippen molar-refractivity contribution in [3.63, 3.8) is 0 Å². The summed E-state index contributed by atoms with van der Waals surface area (Å²) < 4.78 is 0. The Morgan fingerprint density at radius 1 is 1.29 bits per heavy atom. The van der Waals surface area contributed by atoms with E-state index in [0.29, 0.717) is 6.04 Å². The van der Waals surface area contributed by atoms with Crippen LogP contribution in [0.3, 0.4) is 0 Å². The molecule has 0 bridgehead atoms. The number of hydrogen-bond donors (Lipinski definition) is 2. The maximum atomic E-state index is 4.36. The predicted molar refractivity (Wildman–Crippen MR) is 73.9 cm³/mol. The molecule has 1 aromatic carbocycles. The summed E-state index contributed by atoms with van der Waals surface area (Å²) in [4.78, 5) is 4.36. The standard InChI is InChI=1S/C13H15N3.ClH/c1-2-10-3-4-11(8-13(10)15-6-1)16-12-5-7-14-9-12;/h1-4,6,8,12,14,16H,5,7,9H2;1H/t12-;/m0./s1. The molecule has 3 nitrogen and oxygen atoms in total. The van der Waals surface area contributed by atoms with Gasteiger partial charge >= 0.3 is 0 Å². The Balaban J connectivity index is 0.00000108. The number of pyridine rings is 1. The number of hydrogen-bond acceptors (Lipinski definition) is 3. The van der Waals surface area contributed by atoms with Crippen LogP contribution in [0, 0.1) is 0 Å². The molecule has 1 atom stereocenters. The first-order valence-electron chi connectivity index (χ1n) is 5.74. The highest BCUT2D eigenvalue weighted by Gasteiger charge is 2.13. The second-order valence-electron chi connectivity index (χ2n) is 4.24. The molecule has 0 saturated carbocycles. The van der Waals surface area contributed by atoms with Gasteiger partial charge in [-0.25, -0.2) is 0 Å². The minimum atomic E-state index is 0. The van der Waals surface area contributed by atoms with E-state index >= 15 is 0 Å². The molecule has 1 aliphatic rings. The first-order chi connectivity index (χ1) is 7.92. The number of nitrogens with one attached hydrogen (secondary N) is 2. The lowest BCUT2D eigenvalue weighted by molar-refractivity contribution is 0.793. The Kier molecular flexibility index (Phi) is 3.82. The largest absolute Gasteiger partial charge is 0.381 e. The second kappa shape index (κ2) is 5.34. The molecule has 0 unspecified atom stereocenters. The summed E-state index contributed by atoms with van der Waals surface area (Å²) in [7, 11) is 0. The zero-order valence-corrected chi connectivity index (χ0v) is 10.3. The van der Waals surface area contributed by atoms with Crippen molar-refractivity contribution >= 4 is 29.0 Å². The molecule has 1 aromatic heterocycles. The van der Waals surface area contributed by atoms with Crippen LogP contribution in [0.1, 0.15) is 6.42 Å². The molecular formula is C13H16ClN3. The fourth-order valence-corrected chi connectivity index (χ4v) is 2.17. The van der Waals surface area contributed by atoms with E-state index < -0.39 is 0 Å². The summed E-state index contributed by atoms with van der Waals surface area (Å²) in [6.45, 7) is 2.17. The van der Waals surface area contributed by atoms with Crippen LogP contribution in [0.4, 0.5) is 5.69 Å². The smallest absolute Gasteiger partial charge is 0.0722 e. The van der Waals surface area contributed by atoms with Gasteiger partial charge in [-0.05, 0) is 31.2 Å².